The van der Waals surface area contributed by atoms with Gasteiger partial charge in [0.05, 0.1) is 5.41 Å². The van der Waals surface area contributed by atoms with Crippen molar-refractivity contribution in [1.82, 2.24) is 5.32 Å². The third kappa shape index (κ3) is 3.26. The highest BCUT2D eigenvalue weighted by atomic mass is 19.1. The number of nitrogens with one attached hydrogen (secondary N) is 1. The van der Waals surface area contributed by atoms with Gasteiger partial charge < -0.3 is 15.2 Å². The summed E-state index contributed by atoms with van der Waals surface area (Å²) in [5.41, 5.74) is 0.493. The van der Waals surface area contributed by atoms with Crippen molar-refractivity contribution in [2.45, 2.75) is 44.1 Å². The Kier molecular flexibility index (Phi) is 4.43. The van der Waals surface area contributed by atoms with Gasteiger partial charge in [0.15, 0.2) is 0 Å². The number of benzene rings is 1. The van der Waals surface area contributed by atoms with Gasteiger partial charge in [0.2, 0.25) is 0 Å². The summed E-state index contributed by atoms with van der Waals surface area (Å²) >= 11 is 0. The van der Waals surface area contributed by atoms with Crippen molar-refractivity contribution in [3.63, 3.8) is 0 Å². The summed E-state index contributed by atoms with van der Waals surface area (Å²) in [4.78, 5) is 11.2. The van der Waals surface area contributed by atoms with Gasteiger partial charge in [0.25, 0.3) is 0 Å². The third-order valence-electron chi connectivity index (χ3n) is 5.55. The van der Waals surface area contributed by atoms with Crippen LogP contribution in [0.3, 0.4) is 0 Å². The van der Waals surface area contributed by atoms with E-state index in [-0.39, 0.29) is 17.3 Å². The lowest BCUT2D eigenvalue weighted by molar-refractivity contribution is -0.154. The fourth-order valence-electron chi connectivity index (χ4n) is 3.82. The first-order chi connectivity index (χ1) is 10.9. The number of rotatable bonds is 5. The van der Waals surface area contributed by atoms with Gasteiger partial charge >= 0.3 is 5.97 Å². The number of ether oxygens (including phenoxy) is 1. The SMILES string of the molecule is CC1(C(=O)O)CC(NCC2(c3ccc(F)cc3)CCOCC2)C1. The maximum absolute atomic E-state index is 13.2. The minimum Gasteiger partial charge on any atom is -0.481 e. The second-order valence-corrected chi connectivity index (χ2v) is 7.25. The Hall–Kier alpha value is -1.46. The van der Waals surface area contributed by atoms with Crippen molar-refractivity contribution < 1.29 is 19.0 Å². The maximum Gasteiger partial charge on any atom is 0.309 e. The lowest BCUT2D eigenvalue weighted by Gasteiger charge is -2.45. The quantitative estimate of drug-likeness (QED) is 0.875. The van der Waals surface area contributed by atoms with Gasteiger partial charge in [-0.25, -0.2) is 4.39 Å². The van der Waals surface area contributed by atoms with Gasteiger partial charge in [-0.3, -0.25) is 4.79 Å². The Bertz CT molecular complexity index is 560. The van der Waals surface area contributed by atoms with Crippen LogP contribution in [0.4, 0.5) is 4.39 Å². The van der Waals surface area contributed by atoms with E-state index in [2.05, 4.69) is 5.32 Å². The van der Waals surface area contributed by atoms with E-state index in [9.17, 15) is 14.3 Å². The smallest absolute Gasteiger partial charge is 0.309 e. The normalized spacial score (nSPS) is 29.7. The molecule has 23 heavy (non-hydrogen) atoms. The van der Waals surface area contributed by atoms with Crippen LogP contribution in [0.1, 0.15) is 38.2 Å². The predicted octanol–water partition coefficient (Wildman–Crippen LogP) is 2.72. The van der Waals surface area contributed by atoms with E-state index in [1.165, 1.54) is 12.1 Å². The zero-order valence-electron chi connectivity index (χ0n) is 13.5. The van der Waals surface area contributed by atoms with Gasteiger partial charge in [-0.2, -0.15) is 0 Å². The molecule has 4 nitrogen and oxygen atoms in total. The molecule has 1 aliphatic heterocycles. The highest BCUT2D eigenvalue weighted by Gasteiger charge is 2.47. The Morgan fingerprint density at radius 2 is 1.91 bits per heavy atom. The number of carboxylic acid groups (broad SMARTS) is 1. The molecule has 1 aromatic rings. The molecule has 0 radical (unpaired) electrons. The van der Waals surface area contributed by atoms with Gasteiger partial charge in [-0.05, 0) is 50.3 Å². The largest absolute Gasteiger partial charge is 0.481 e. The van der Waals surface area contributed by atoms with Crippen LogP contribution in [-0.4, -0.2) is 36.9 Å². The second-order valence-electron chi connectivity index (χ2n) is 7.25. The Morgan fingerprint density at radius 3 is 2.48 bits per heavy atom. The lowest BCUT2D eigenvalue weighted by Crippen LogP contribution is -2.54. The summed E-state index contributed by atoms with van der Waals surface area (Å²) in [5, 5.41) is 12.7. The topological polar surface area (TPSA) is 58.6 Å². The van der Waals surface area contributed by atoms with Crippen molar-refractivity contribution in [3.05, 3.63) is 35.6 Å². The van der Waals surface area contributed by atoms with E-state index in [0.29, 0.717) is 26.1 Å². The summed E-state index contributed by atoms with van der Waals surface area (Å²) in [5.74, 6) is -0.935. The molecule has 0 atom stereocenters. The van der Waals surface area contributed by atoms with E-state index in [4.69, 9.17) is 4.74 Å². The van der Waals surface area contributed by atoms with E-state index in [1.807, 2.05) is 12.1 Å². The molecule has 0 spiro atoms. The number of hydrogen-bond acceptors (Lipinski definition) is 3. The molecular weight excluding hydrogens is 297 g/mol. The summed E-state index contributed by atoms with van der Waals surface area (Å²) < 4.78 is 18.7. The van der Waals surface area contributed by atoms with Gasteiger partial charge in [-0.1, -0.05) is 12.1 Å². The standard InChI is InChI=1S/C18H24FNO3/c1-17(16(21)22)10-15(11-17)20-12-18(6-8-23-9-7-18)13-2-4-14(19)5-3-13/h2-5,15,20H,6-12H2,1H3,(H,21,22). The first-order valence-electron chi connectivity index (χ1n) is 8.24. The summed E-state index contributed by atoms with van der Waals surface area (Å²) in [6.07, 6.45) is 3.12. The molecule has 0 amide bonds. The first-order valence-corrected chi connectivity index (χ1v) is 8.24. The number of hydrogen-bond donors (Lipinski definition) is 2. The number of halogens is 1. The van der Waals surface area contributed by atoms with E-state index in [0.717, 1.165) is 24.9 Å². The zero-order valence-corrected chi connectivity index (χ0v) is 13.5. The van der Waals surface area contributed by atoms with Crippen molar-refractivity contribution in [1.29, 1.82) is 0 Å². The molecule has 0 unspecified atom stereocenters. The van der Waals surface area contributed by atoms with E-state index in [1.54, 1.807) is 6.92 Å². The van der Waals surface area contributed by atoms with Crippen molar-refractivity contribution in [2.75, 3.05) is 19.8 Å². The number of carboxylic acids is 1. The minimum absolute atomic E-state index is 0.0544. The zero-order chi connectivity index (χ0) is 16.5. The molecule has 0 aromatic heterocycles. The third-order valence-corrected chi connectivity index (χ3v) is 5.55. The molecule has 1 saturated carbocycles. The van der Waals surface area contributed by atoms with Crippen LogP contribution in [-0.2, 0) is 14.9 Å². The molecule has 1 aliphatic carbocycles. The Morgan fingerprint density at radius 1 is 1.30 bits per heavy atom. The summed E-state index contributed by atoms with van der Waals surface area (Å²) in [6, 6.07) is 7.00. The van der Waals surface area contributed by atoms with E-state index < -0.39 is 11.4 Å². The molecule has 126 valence electrons. The predicted molar refractivity (Wildman–Crippen MR) is 84.9 cm³/mol. The molecule has 2 aliphatic rings. The molecule has 3 rings (SSSR count). The van der Waals surface area contributed by atoms with Crippen molar-refractivity contribution >= 4 is 5.97 Å². The highest BCUT2D eigenvalue weighted by Crippen LogP contribution is 2.42. The van der Waals surface area contributed by atoms with Crippen LogP contribution in [0.15, 0.2) is 24.3 Å². The monoisotopic (exact) mass is 321 g/mol. The van der Waals surface area contributed by atoms with E-state index >= 15 is 0 Å². The Balaban J connectivity index is 1.66. The van der Waals surface area contributed by atoms with Gasteiger partial charge in [0.1, 0.15) is 5.82 Å². The summed E-state index contributed by atoms with van der Waals surface area (Å²) in [6.45, 7) is 3.99. The van der Waals surface area contributed by atoms with Crippen LogP contribution >= 0.6 is 0 Å². The average molecular weight is 321 g/mol. The fraction of sp³-hybridized carbons (Fsp3) is 0.611. The molecule has 2 fully saturated rings. The molecule has 1 saturated heterocycles. The summed E-state index contributed by atoms with van der Waals surface area (Å²) in [7, 11) is 0. The second kappa shape index (κ2) is 6.21. The number of aliphatic carboxylic acids is 1. The van der Waals surface area contributed by atoms with Crippen molar-refractivity contribution in [2.24, 2.45) is 5.41 Å². The first kappa shape index (κ1) is 16.4. The Labute approximate surface area is 136 Å². The lowest BCUT2D eigenvalue weighted by atomic mass is 9.66. The maximum atomic E-state index is 13.2. The molecule has 1 heterocycles. The minimum atomic E-state index is -0.713. The average Bonchev–Trinajstić information content (AvgIpc) is 2.51. The van der Waals surface area contributed by atoms with Crippen LogP contribution in [0.25, 0.3) is 0 Å². The van der Waals surface area contributed by atoms with Gasteiger partial charge in [-0.15, -0.1) is 0 Å². The van der Waals surface area contributed by atoms with Crippen LogP contribution in [0, 0.1) is 11.2 Å². The molecular formula is C18H24FNO3. The molecule has 1 aromatic carbocycles. The van der Waals surface area contributed by atoms with Crippen molar-refractivity contribution in [3.8, 4) is 0 Å². The van der Waals surface area contributed by atoms with Gasteiger partial charge in [0, 0.05) is 31.2 Å². The molecule has 2 N–H and O–H groups in total. The van der Waals surface area contributed by atoms with Crippen LogP contribution in [0.5, 0.6) is 0 Å². The molecule has 5 heteroatoms. The molecule has 0 bridgehead atoms. The van der Waals surface area contributed by atoms with Crippen LogP contribution in [0.2, 0.25) is 0 Å². The fourth-order valence-corrected chi connectivity index (χ4v) is 3.82. The van der Waals surface area contributed by atoms with Crippen LogP contribution < -0.4 is 5.32 Å². The number of carbonyl (C=O) groups is 1. The highest BCUT2D eigenvalue weighted by molar-refractivity contribution is 5.75.